The molecule has 0 spiro atoms. The molecule has 10 nitrogen and oxygen atoms in total. The van der Waals surface area contributed by atoms with Gasteiger partial charge in [0, 0.05) is 47.7 Å². The first-order valence-electron chi connectivity index (χ1n) is 18.4. The number of thiophene rings is 1. The van der Waals surface area contributed by atoms with Crippen LogP contribution in [0.15, 0.2) is 95.4 Å². The molecule has 56 heavy (non-hydrogen) atoms. The molecule has 0 N–H and O–H groups in total. The first-order valence-corrected chi connectivity index (χ1v) is 19.2. The van der Waals surface area contributed by atoms with Gasteiger partial charge in [0.2, 0.25) is 5.91 Å². The summed E-state index contributed by atoms with van der Waals surface area (Å²) in [6.07, 6.45) is 1.26. The van der Waals surface area contributed by atoms with Gasteiger partial charge in [-0.25, -0.2) is 9.40 Å². The highest BCUT2D eigenvalue weighted by atomic mass is 32.1. The van der Waals surface area contributed by atoms with Gasteiger partial charge >= 0.3 is 11.9 Å². The predicted octanol–water partition coefficient (Wildman–Crippen LogP) is 8.44. The Hall–Kier alpha value is -5.88. The maximum absolute atomic E-state index is 14.0. The van der Waals surface area contributed by atoms with E-state index in [2.05, 4.69) is 29.4 Å². The Balaban J connectivity index is 0.943. The number of nitrogens with zero attached hydrogens (tertiary/aromatic N) is 2. The SMILES string of the molecule is COc1cc(C(=O)CCC(=O)N(C)/N=C/c2csc3c(F)cccc23)ccc1OCCOC(=O)[C@@H](CC(=O)OCC1c2ccccc2-c2ccccc21)C(C)C. The van der Waals surface area contributed by atoms with E-state index in [0.717, 1.165) is 27.3 Å². The highest BCUT2D eigenvalue weighted by molar-refractivity contribution is 7.17. The van der Waals surface area contributed by atoms with Gasteiger partial charge in [-0.3, -0.25) is 19.2 Å². The van der Waals surface area contributed by atoms with Gasteiger partial charge < -0.3 is 18.9 Å². The van der Waals surface area contributed by atoms with E-state index in [4.69, 9.17) is 18.9 Å². The number of carbonyl (C=O) groups is 4. The maximum atomic E-state index is 14.0. The molecule has 0 radical (unpaired) electrons. The zero-order chi connectivity index (χ0) is 39.8. The first-order chi connectivity index (χ1) is 27.0. The average molecular weight is 779 g/mol. The van der Waals surface area contributed by atoms with Crippen molar-refractivity contribution >= 4 is 51.3 Å². The first kappa shape index (κ1) is 39.8. The second kappa shape index (κ2) is 18.2. The van der Waals surface area contributed by atoms with E-state index in [0.29, 0.717) is 32.7 Å². The molecule has 0 aliphatic heterocycles. The normalized spacial score (nSPS) is 12.7. The van der Waals surface area contributed by atoms with Gasteiger partial charge in [0.1, 0.15) is 25.6 Å². The minimum absolute atomic E-state index is 0.00260. The molecular weight excluding hydrogens is 736 g/mol. The molecule has 1 heterocycles. The summed E-state index contributed by atoms with van der Waals surface area (Å²) in [4.78, 5) is 51.8. The Bertz CT molecular complexity index is 2220. The van der Waals surface area contributed by atoms with E-state index in [9.17, 15) is 23.6 Å². The van der Waals surface area contributed by atoms with Crippen molar-refractivity contribution in [1.82, 2.24) is 5.01 Å². The van der Waals surface area contributed by atoms with Crippen LogP contribution in [0.25, 0.3) is 21.2 Å². The fourth-order valence-corrected chi connectivity index (χ4v) is 7.61. The largest absolute Gasteiger partial charge is 0.493 e. The monoisotopic (exact) mass is 778 g/mol. The summed E-state index contributed by atoms with van der Waals surface area (Å²) in [6.45, 7) is 3.81. The second-order valence-electron chi connectivity index (χ2n) is 13.7. The van der Waals surface area contributed by atoms with Crippen molar-refractivity contribution in [2.45, 2.75) is 39.0 Å². The van der Waals surface area contributed by atoms with Crippen molar-refractivity contribution in [1.29, 1.82) is 0 Å². The maximum Gasteiger partial charge on any atom is 0.309 e. The number of halogens is 1. The molecule has 0 saturated carbocycles. The quantitative estimate of drug-likeness (QED) is 0.0303. The van der Waals surface area contributed by atoms with Crippen molar-refractivity contribution in [3.05, 3.63) is 118 Å². The number of hydrogen-bond donors (Lipinski definition) is 0. The summed E-state index contributed by atoms with van der Waals surface area (Å²) in [6, 6.07) is 25.7. The number of ketones is 1. The molecule has 4 aromatic carbocycles. The highest BCUT2D eigenvalue weighted by Crippen LogP contribution is 2.44. The molecule has 1 aliphatic rings. The molecule has 1 atom stereocenters. The number of Topliss-reactive ketones (excluding diaryl/α,β-unsaturated/α-hetero) is 1. The van der Waals surface area contributed by atoms with E-state index in [-0.39, 0.29) is 68.4 Å². The Morgan fingerprint density at radius 3 is 2.29 bits per heavy atom. The summed E-state index contributed by atoms with van der Waals surface area (Å²) in [5.74, 6) is -2.25. The molecule has 1 aliphatic carbocycles. The lowest BCUT2D eigenvalue weighted by Gasteiger charge is -2.20. The van der Waals surface area contributed by atoms with Crippen LogP contribution in [0.1, 0.15) is 66.1 Å². The fourth-order valence-electron chi connectivity index (χ4n) is 6.69. The Labute approximate surface area is 328 Å². The molecule has 1 aromatic heterocycles. The zero-order valence-electron chi connectivity index (χ0n) is 31.7. The van der Waals surface area contributed by atoms with Gasteiger partial charge in [-0.15, -0.1) is 11.3 Å². The van der Waals surface area contributed by atoms with Crippen LogP contribution in [-0.2, 0) is 23.9 Å². The number of benzene rings is 4. The number of amides is 1. The van der Waals surface area contributed by atoms with E-state index in [1.165, 1.54) is 43.8 Å². The van der Waals surface area contributed by atoms with E-state index in [1.54, 1.807) is 29.6 Å². The van der Waals surface area contributed by atoms with Crippen molar-refractivity contribution in [3.8, 4) is 22.6 Å². The molecule has 0 fully saturated rings. The second-order valence-corrected chi connectivity index (χ2v) is 14.6. The summed E-state index contributed by atoms with van der Waals surface area (Å²) in [7, 11) is 2.94. The predicted molar refractivity (Wildman–Crippen MR) is 213 cm³/mol. The van der Waals surface area contributed by atoms with Crippen molar-refractivity contribution < 1.29 is 42.5 Å². The minimum atomic E-state index is -0.698. The lowest BCUT2D eigenvalue weighted by atomic mass is 9.92. The molecule has 5 aromatic rings. The molecule has 0 unspecified atom stereocenters. The van der Waals surface area contributed by atoms with Crippen LogP contribution in [0.2, 0.25) is 0 Å². The summed E-state index contributed by atoms with van der Waals surface area (Å²) < 4.78 is 37.0. The number of rotatable bonds is 17. The van der Waals surface area contributed by atoms with Crippen molar-refractivity contribution in [3.63, 3.8) is 0 Å². The van der Waals surface area contributed by atoms with E-state index < -0.39 is 17.9 Å². The molecule has 290 valence electrons. The topological polar surface area (TPSA) is 121 Å². The number of fused-ring (bicyclic) bond motifs is 4. The Morgan fingerprint density at radius 1 is 0.875 bits per heavy atom. The third-order valence-electron chi connectivity index (χ3n) is 9.82. The molecule has 12 heteroatoms. The summed E-state index contributed by atoms with van der Waals surface area (Å²) >= 11 is 1.26. The molecule has 0 saturated heterocycles. The molecule has 6 rings (SSSR count). The number of carbonyl (C=O) groups excluding carboxylic acids is 4. The van der Waals surface area contributed by atoms with Crippen molar-refractivity contribution in [2.24, 2.45) is 16.9 Å². The van der Waals surface area contributed by atoms with Gasteiger partial charge in [-0.1, -0.05) is 74.5 Å². The lowest BCUT2D eigenvalue weighted by Crippen LogP contribution is -2.28. The van der Waals surface area contributed by atoms with Gasteiger partial charge in [-0.05, 0) is 52.4 Å². The van der Waals surface area contributed by atoms with Crippen LogP contribution in [0.4, 0.5) is 4.39 Å². The van der Waals surface area contributed by atoms with Crippen LogP contribution < -0.4 is 9.47 Å². The van der Waals surface area contributed by atoms with Crippen LogP contribution in [-0.4, -0.2) is 68.8 Å². The number of esters is 2. The van der Waals surface area contributed by atoms with Gasteiger partial charge in [0.05, 0.1) is 30.4 Å². The van der Waals surface area contributed by atoms with E-state index in [1.807, 2.05) is 38.1 Å². The summed E-state index contributed by atoms with van der Waals surface area (Å²) in [5.41, 5.74) is 5.52. The average Bonchev–Trinajstić information content (AvgIpc) is 3.78. The fraction of sp³-hybridized carbons (Fsp3) is 0.295. The van der Waals surface area contributed by atoms with Crippen LogP contribution >= 0.6 is 11.3 Å². The lowest BCUT2D eigenvalue weighted by molar-refractivity contribution is -0.157. The van der Waals surface area contributed by atoms with Crippen molar-refractivity contribution in [2.75, 3.05) is 34.0 Å². The Morgan fingerprint density at radius 2 is 1.59 bits per heavy atom. The smallest absolute Gasteiger partial charge is 0.309 e. The molecule has 0 bridgehead atoms. The third kappa shape index (κ3) is 9.14. The van der Waals surface area contributed by atoms with E-state index >= 15 is 0 Å². The van der Waals surface area contributed by atoms with Gasteiger partial charge in [-0.2, -0.15) is 5.10 Å². The van der Waals surface area contributed by atoms with Gasteiger partial charge in [0.15, 0.2) is 17.3 Å². The minimum Gasteiger partial charge on any atom is -0.493 e. The van der Waals surface area contributed by atoms with Gasteiger partial charge in [0.25, 0.3) is 0 Å². The highest BCUT2D eigenvalue weighted by Gasteiger charge is 2.31. The molecule has 1 amide bonds. The number of methoxy groups -OCH3 is 1. The third-order valence-corrected chi connectivity index (χ3v) is 10.8. The Kier molecular flexibility index (Phi) is 12.9. The molecular formula is C44H43FN2O8S. The number of hydrazone groups is 1. The number of hydrogen-bond acceptors (Lipinski definition) is 10. The van der Waals surface area contributed by atoms with Crippen LogP contribution in [0.3, 0.4) is 0 Å². The number of ether oxygens (including phenoxy) is 4. The zero-order valence-corrected chi connectivity index (χ0v) is 32.5. The van der Waals surface area contributed by atoms with Crippen LogP contribution in [0.5, 0.6) is 11.5 Å². The van der Waals surface area contributed by atoms with Crippen LogP contribution in [0, 0.1) is 17.7 Å². The summed E-state index contributed by atoms with van der Waals surface area (Å²) in [5, 5.41) is 7.83. The standard InChI is InChI=1S/C44H43FN2O8S/c1-27(2)35(23-42(50)55-25-36-33-12-7-5-10-31(33)32-11-6-8-13-34(32)36)44(51)54-21-20-53-39-18-16-28(22-40(39)52-4)38(48)17-19-41(49)47(3)46-24-29-26-56-43-30(29)14-9-15-37(43)45/h5-16,18,22,24,26-27,35-36H,17,19-21,23,25H2,1-4H3/b46-24+/t35-/m0/s1.